The van der Waals surface area contributed by atoms with Crippen LogP contribution in [0.5, 0.6) is 0 Å². The predicted molar refractivity (Wildman–Crippen MR) is 122 cm³/mol. The Hall–Kier alpha value is -1.91. The Morgan fingerprint density at radius 1 is 1.12 bits per heavy atom. The van der Waals surface area contributed by atoms with Crippen molar-refractivity contribution in [1.29, 1.82) is 0 Å². The number of benzene rings is 1. The van der Waals surface area contributed by atoms with Crippen LogP contribution in [-0.4, -0.2) is 65.0 Å². The molecule has 7 nitrogen and oxygen atoms in total. The molecule has 1 aliphatic carbocycles. The number of amides is 1. The number of carbonyl (C=O) groups is 1. The van der Waals surface area contributed by atoms with Crippen LogP contribution in [0.25, 0.3) is 0 Å². The molecule has 2 heterocycles. The Morgan fingerprint density at radius 2 is 1.78 bits per heavy atom. The van der Waals surface area contributed by atoms with Crippen LogP contribution in [0.1, 0.15) is 43.1 Å². The van der Waals surface area contributed by atoms with E-state index in [1.54, 1.807) is 4.90 Å². The van der Waals surface area contributed by atoms with Crippen molar-refractivity contribution >= 4 is 27.7 Å². The number of hydrogen-bond acceptors (Lipinski definition) is 5. The van der Waals surface area contributed by atoms with E-state index < -0.39 is 15.8 Å². The summed E-state index contributed by atoms with van der Waals surface area (Å²) in [6.45, 7) is 4.98. The Bertz CT molecular complexity index is 1090. The predicted octanol–water partition coefficient (Wildman–Crippen LogP) is 3.38. The molecule has 2 fully saturated rings. The number of thioether (sulfide) groups is 1. The van der Waals surface area contributed by atoms with Crippen LogP contribution in [0, 0.1) is 19.7 Å². The topological polar surface area (TPSA) is 75.5 Å². The summed E-state index contributed by atoms with van der Waals surface area (Å²) in [5.74, 6) is -0.525. The van der Waals surface area contributed by atoms with Gasteiger partial charge in [0.15, 0.2) is 5.16 Å². The lowest BCUT2D eigenvalue weighted by atomic mass is 10.2. The summed E-state index contributed by atoms with van der Waals surface area (Å²) in [5.41, 5.74) is 2.16. The van der Waals surface area contributed by atoms with Gasteiger partial charge in [-0.2, -0.15) is 4.31 Å². The Balaban J connectivity index is 1.36. The standard InChI is InChI=1S/C22H29FN4O3S2/c1-16-17(2)27(18-7-3-4-8-18)22(24-16)31-15-21(28)25-11-13-26(14-12-25)32(29,30)20-10-6-5-9-19(20)23/h5-6,9-10,18H,3-4,7-8,11-15H2,1-2H3. The highest BCUT2D eigenvalue weighted by Gasteiger charge is 2.32. The van der Waals surface area contributed by atoms with Gasteiger partial charge in [0.05, 0.1) is 11.4 Å². The van der Waals surface area contributed by atoms with Gasteiger partial charge < -0.3 is 9.47 Å². The molecule has 4 rings (SSSR count). The minimum Gasteiger partial charge on any atom is -0.339 e. The molecule has 32 heavy (non-hydrogen) atoms. The summed E-state index contributed by atoms with van der Waals surface area (Å²) in [4.78, 5) is 18.9. The third kappa shape index (κ3) is 4.58. The van der Waals surface area contributed by atoms with E-state index in [0.717, 1.165) is 29.8 Å². The fourth-order valence-corrected chi connectivity index (χ4v) is 7.03. The molecule has 10 heteroatoms. The van der Waals surface area contributed by atoms with Crippen molar-refractivity contribution in [3.63, 3.8) is 0 Å². The fraction of sp³-hybridized carbons (Fsp3) is 0.545. The maximum absolute atomic E-state index is 14.0. The van der Waals surface area contributed by atoms with Crippen molar-refractivity contribution in [3.05, 3.63) is 41.5 Å². The molecule has 0 N–H and O–H groups in total. The average molecular weight is 481 g/mol. The number of nitrogens with zero attached hydrogens (tertiary/aromatic N) is 4. The van der Waals surface area contributed by atoms with E-state index in [9.17, 15) is 17.6 Å². The lowest BCUT2D eigenvalue weighted by molar-refractivity contribution is -0.129. The first-order valence-corrected chi connectivity index (χ1v) is 13.4. The van der Waals surface area contributed by atoms with Crippen LogP contribution in [-0.2, 0) is 14.8 Å². The van der Waals surface area contributed by atoms with Crippen molar-refractivity contribution in [3.8, 4) is 0 Å². The van der Waals surface area contributed by atoms with Gasteiger partial charge in [0, 0.05) is 37.9 Å². The molecule has 0 atom stereocenters. The van der Waals surface area contributed by atoms with Gasteiger partial charge >= 0.3 is 0 Å². The smallest absolute Gasteiger partial charge is 0.246 e. The van der Waals surface area contributed by atoms with Crippen molar-refractivity contribution in [1.82, 2.24) is 18.8 Å². The van der Waals surface area contributed by atoms with Crippen molar-refractivity contribution in [2.24, 2.45) is 0 Å². The van der Waals surface area contributed by atoms with Gasteiger partial charge in [-0.15, -0.1) is 0 Å². The molecular formula is C22H29FN4O3S2. The number of halogens is 1. The van der Waals surface area contributed by atoms with E-state index in [0.29, 0.717) is 19.1 Å². The number of hydrogen-bond donors (Lipinski definition) is 0. The Kier molecular flexibility index (Phi) is 6.92. The second-order valence-electron chi connectivity index (χ2n) is 8.38. The molecule has 0 bridgehead atoms. The molecule has 1 aliphatic heterocycles. The van der Waals surface area contributed by atoms with Gasteiger partial charge in [-0.25, -0.2) is 17.8 Å². The maximum Gasteiger partial charge on any atom is 0.246 e. The van der Waals surface area contributed by atoms with Crippen LogP contribution in [0.3, 0.4) is 0 Å². The van der Waals surface area contributed by atoms with Gasteiger partial charge in [0.1, 0.15) is 10.7 Å². The molecule has 2 aliphatic rings. The molecule has 1 saturated heterocycles. The van der Waals surface area contributed by atoms with Crippen molar-refractivity contribution < 1.29 is 17.6 Å². The van der Waals surface area contributed by atoms with Crippen molar-refractivity contribution in [2.45, 2.75) is 55.6 Å². The van der Waals surface area contributed by atoms with E-state index in [1.165, 1.54) is 52.8 Å². The van der Waals surface area contributed by atoms with Crippen LogP contribution >= 0.6 is 11.8 Å². The quantitative estimate of drug-likeness (QED) is 0.593. The number of carbonyl (C=O) groups excluding carboxylic acids is 1. The monoisotopic (exact) mass is 480 g/mol. The summed E-state index contributed by atoms with van der Waals surface area (Å²) in [5, 5.41) is 0.890. The van der Waals surface area contributed by atoms with Gasteiger partial charge in [-0.1, -0.05) is 36.7 Å². The lowest BCUT2D eigenvalue weighted by Gasteiger charge is -2.34. The number of aryl methyl sites for hydroxylation is 1. The molecule has 0 radical (unpaired) electrons. The highest BCUT2D eigenvalue weighted by Crippen LogP contribution is 2.35. The highest BCUT2D eigenvalue weighted by molar-refractivity contribution is 7.99. The largest absolute Gasteiger partial charge is 0.339 e. The summed E-state index contributed by atoms with van der Waals surface area (Å²) in [6.07, 6.45) is 4.75. The molecule has 1 saturated carbocycles. The Morgan fingerprint density at radius 3 is 2.44 bits per heavy atom. The third-order valence-corrected chi connectivity index (χ3v) is 9.28. The van der Waals surface area contributed by atoms with Crippen LogP contribution in [0.15, 0.2) is 34.3 Å². The average Bonchev–Trinajstić information content (AvgIpc) is 3.40. The first kappa shape index (κ1) is 23.3. The maximum atomic E-state index is 14.0. The number of sulfonamides is 1. The van der Waals surface area contributed by atoms with Crippen molar-refractivity contribution in [2.75, 3.05) is 31.9 Å². The zero-order valence-electron chi connectivity index (χ0n) is 18.5. The van der Waals surface area contributed by atoms with Gasteiger partial charge in [0.25, 0.3) is 0 Å². The second-order valence-corrected chi connectivity index (χ2v) is 11.2. The molecule has 174 valence electrons. The molecule has 1 aromatic heterocycles. The number of aromatic nitrogens is 2. The SMILES string of the molecule is Cc1nc(SCC(=O)N2CCN(S(=O)(=O)c3ccccc3F)CC2)n(C2CCCC2)c1C. The molecule has 1 aromatic carbocycles. The van der Waals surface area contributed by atoms with Crippen LogP contribution < -0.4 is 0 Å². The molecule has 0 spiro atoms. The molecule has 1 amide bonds. The van der Waals surface area contributed by atoms with E-state index in [2.05, 4.69) is 11.5 Å². The zero-order valence-corrected chi connectivity index (χ0v) is 20.1. The minimum atomic E-state index is -3.91. The van der Waals surface area contributed by atoms with Crippen LogP contribution in [0.4, 0.5) is 4.39 Å². The van der Waals surface area contributed by atoms with E-state index >= 15 is 0 Å². The lowest BCUT2D eigenvalue weighted by Crippen LogP contribution is -2.51. The molecule has 2 aromatic rings. The van der Waals surface area contributed by atoms with Gasteiger partial charge in [-0.05, 0) is 38.8 Å². The van der Waals surface area contributed by atoms with Gasteiger partial charge in [-0.3, -0.25) is 4.79 Å². The number of imidazole rings is 1. The molecule has 0 unspecified atom stereocenters. The van der Waals surface area contributed by atoms with Crippen LogP contribution in [0.2, 0.25) is 0 Å². The van der Waals surface area contributed by atoms with Gasteiger partial charge in [0.2, 0.25) is 15.9 Å². The first-order valence-electron chi connectivity index (χ1n) is 11.0. The second kappa shape index (κ2) is 9.52. The molecular weight excluding hydrogens is 451 g/mol. The van der Waals surface area contributed by atoms with E-state index in [-0.39, 0.29) is 29.6 Å². The summed E-state index contributed by atoms with van der Waals surface area (Å²) in [6, 6.07) is 5.84. The normalized spacial score (nSPS) is 18.4. The summed E-state index contributed by atoms with van der Waals surface area (Å²) >= 11 is 1.46. The fourth-order valence-electron chi connectivity index (χ4n) is 4.48. The zero-order chi connectivity index (χ0) is 22.9. The third-order valence-electron chi connectivity index (χ3n) is 6.41. The highest BCUT2D eigenvalue weighted by atomic mass is 32.2. The first-order chi connectivity index (χ1) is 15.3. The number of rotatable bonds is 6. The summed E-state index contributed by atoms with van der Waals surface area (Å²) < 4.78 is 43.1. The number of piperazine rings is 1. The minimum absolute atomic E-state index is 0.0331. The summed E-state index contributed by atoms with van der Waals surface area (Å²) in [7, 11) is -3.91. The Labute approximate surface area is 193 Å². The van der Waals surface area contributed by atoms with E-state index in [1.807, 2.05) is 6.92 Å². The van der Waals surface area contributed by atoms with E-state index in [4.69, 9.17) is 4.98 Å².